The summed E-state index contributed by atoms with van der Waals surface area (Å²) in [5.74, 6) is 0.470. The zero-order valence-electron chi connectivity index (χ0n) is 8.95. The van der Waals surface area contributed by atoms with Crippen molar-refractivity contribution < 1.29 is 4.79 Å². The number of carbonyl (C=O) groups is 1. The Kier molecular flexibility index (Phi) is 3.34. The minimum atomic E-state index is 0.183. The molecule has 0 atom stereocenters. The van der Waals surface area contributed by atoms with E-state index in [1.165, 1.54) is 5.57 Å². The molecule has 0 unspecified atom stereocenters. The molecule has 0 amide bonds. The Labute approximate surface area is 99.6 Å². The van der Waals surface area contributed by atoms with Gasteiger partial charge in [0.05, 0.1) is 5.69 Å². The SMILES string of the molecule is C=C1CC(C(=O)CCc2nccnc2Cl)C1. The lowest BCUT2D eigenvalue weighted by Crippen LogP contribution is -2.24. The molecule has 1 aliphatic rings. The van der Waals surface area contributed by atoms with E-state index >= 15 is 0 Å². The van der Waals surface area contributed by atoms with Gasteiger partial charge in [-0.05, 0) is 19.3 Å². The molecule has 1 aromatic rings. The van der Waals surface area contributed by atoms with E-state index in [0.717, 1.165) is 12.8 Å². The van der Waals surface area contributed by atoms with E-state index in [1.54, 1.807) is 12.4 Å². The zero-order chi connectivity index (χ0) is 11.5. The Balaban J connectivity index is 1.86. The number of aryl methyl sites for hydroxylation is 1. The van der Waals surface area contributed by atoms with E-state index in [9.17, 15) is 4.79 Å². The van der Waals surface area contributed by atoms with Crippen LogP contribution in [-0.4, -0.2) is 15.8 Å². The van der Waals surface area contributed by atoms with Gasteiger partial charge in [-0.3, -0.25) is 9.78 Å². The number of aromatic nitrogens is 2. The first-order chi connectivity index (χ1) is 7.66. The van der Waals surface area contributed by atoms with E-state index in [0.29, 0.717) is 23.7 Å². The van der Waals surface area contributed by atoms with Crippen LogP contribution in [0.15, 0.2) is 24.5 Å². The highest BCUT2D eigenvalue weighted by Crippen LogP contribution is 2.33. The van der Waals surface area contributed by atoms with Gasteiger partial charge >= 0.3 is 0 Å². The summed E-state index contributed by atoms with van der Waals surface area (Å²) in [6, 6.07) is 0. The van der Waals surface area contributed by atoms with Gasteiger partial charge in [-0.1, -0.05) is 23.8 Å². The minimum absolute atomic E-state index is 0.183. The summed E-state index contributed by atoms with van der Waals surface area (Å²) in [6.07, 6.45) is 5.92. The standard InChI is InChI=1S/C12H13ClN2O/c1-8-6-9(7-8)11(16)3-2-10-12(13)15-5-4-14-10/h4-5,9H,1-3,6-7H2. The first-order valence-electron chi connectivity index (χ1n) is 5.31. The van der Waals surface area contributed by atoms with E-state index in [1.807, 2.05) is 0 Å². The van der Waals surface area contributed by atoms with Crippen LogP contribution in [0.3, 0.4) is 0 Å². The van der Waals surface area contributed by atoms with Gasteiger partial charge in [0, 0.05) is 24.7 Å². The Hall–Kier alpha value is -1.22. The predicted molar refractivity (Wildman–Crippen MR) is 62.2 cm³/mol. The van der Waals surface area contributed by atoms with Crippen molar-refractivity contribution in [1.82, 2.24) is 9.97 Å². The van der Waals surface area contributed by atoms with Gasteiger partial charge in [-0.25, -0.2) is 4.98 Å². The van der Waals surface area contributed by atoms with Crippen molar-refractivity contribution in [1.29, 1.82) is 0 Å². The predicted octanol–water partition coefficient (Wildman–Crippen LogP) is 2.60. The molecule has 1 saturated carbocycles. The number of allylic oxidation sites excluding steroid dienone is 1. The van der Waals surface area contributed by atoms with E-state index in [4.69, 9.17) is 11.6 Å². The van der Waals surface area contributed by atoms with Crippen molar-refractivity contribution in [3.63, 3.8) is 0 Å². The molecular weight excluding hydrogens is 224 g/mol. The Morgan fingerprint density at radius 1 is 1.44 bits per heavy atom. The van der Waals surface area contributed by atoms with Crippen LogP contribution >= 0.6 is 11.6 Å². The second-order valence-electron chi connectivity index (χ2n) is 4.12. The highest BCUT2D eigenvalue weighted by atomic mass is 35.5. The minimum Gasteiger partial charge on any atom is -0.299 e. The van der Waals surface area contributed by atoms with Gasteiger partial charge in [-0.2, -0.15) is 0 Å². The van der Waals surface area contributed by atoms with Crippen LogP contribution in [-0.2, 0) is 11.2 Å². The van der Waals surface area contributed by atoms with Crippen LogP contribution in [0.4, 0.5) is 0 Å². The van der Waals surface area contributed by atoms with Crippen LogP contribution in [0.2, 0.25) is 5.15 Å². The van der Waals surface area contributed by atoms with Crippen molar-refractivity contribution >= 4 is 17.4 Å². The van der Waals surface area contributed by atoms with Gasteiger partial charge in [-0.15, -0.1) is 0 Å². The van der Waals surface area contributed by atoms with Gasteiger partial charge in [0.25, 0.3) is 0 Å². The highest BCUT2D eigenvalue weighted by Gasteiger charge is 2.27. The molecule has 1 fully saturated rings. The lowest BCUT2D eigenvalue weighted by Gasteiger charge is -2.26. The molecule has 4 heteroatoms. The number of Topliss-reactive ketones (excluding diaryl/α,β-unsaturated/α-hetero) is 1. The normalized spacial score (nSPS) is 15.9. The third-order valence-corrected chi connectivity index (χ3v) is 3.17. The smallest absolute Gasteiger partial charge is 0.150 e. The summed E-state index contributed by atoms with van der Waals surface area (Å²) in [5, 5.41) is 0.397. The molecule has 0 bridgehead atoms. The molecule has 0 radical (unpaired) electrons. The molecule has 16 heavy (non-hydrogen) atoms. The maximum Gasteiger partial charge on any atom is 0.150 e. The van der Waals surface area contributed by atoms with Crippen molar-refractivity contribution in [2.75, 3.05) is 0 Å². The lowest BCUT2D eigenvalue weighted by molar-refractivity contribution is -0.123. The zero-order valence-corrected chi connectivity index (χ0v) is 9.70. The summed E-state index contributed by atoms with van der Waals surface area (Å²) in [4.78, 5) is 19.8. The number of hydrogen-bond donors (Lipinski definition) is 0. The Bertz CT molecular complexity index is 423. The number of halogens is 1. The van der Waals surface area contributed by atoms with Crippen molar-refractivity contribution in [3.8, 4) is 0 Å². The van der Waals surface area contributed by atoms with Gasteiger partial charge < -0.3 is 0 Å². The van der Waals surface area contributed by atoms with Crippen molar-refractivity contribution in [2.24, 2.45) is 5.92 Å². The van der Waals surface area contributed by atoms with Crippen LogP contribution < -0.4 is 0 Å². The fourth-order valence-corrected chi connectivity index (χ4v) is 2.03. The first kappa shape index (κ1) is 11.3. The van der Waals surface area contributed by atoms with E-state index < -0.39 is 0 Å². The summed E-state index contributed by atoms with van der Waals surface area (Å²) >= 11 is 5.86. The molecule has 2 rings (SSSR count). The molecule has 0 aromatic carbocycles. The second kappa shape index (κ2) is 4.74. The number of nitrogens with zero attached hydrogens (tertiary/aromatic N) is 2. The third kappa shape index (κ3) is 2.47. The molecule has 1 aromatic heterocycles. The lowest BCUT2D eigenvalue weighted by atomic mass is 9.77. The van der Waals surface area contributed by atoms with Crippen molar-refractivity contribution in [3.05, 3.63) is 35.4 Å². The Morgan fingerprint density at radius 2 is 2.12 bits per heavy atom. The molecule has 1 heterocycles. The maximum absolute atomic E-state index is 11.7. The van der Waals surface area contributed by atoms with Crippen LogP contribution in [0.25, 0.3) is 0 Å². The fourth-order valence-electron chi connectivity index (χ4n) is 1.83. The van der Waals surface area contributed by atoms with Crippen LogP contribution in [0.1, 0.15) is 25.0 Å². The quantitative estimate of drug-likeness (QED) is 0.755. The average molecular weight is 237 g/mol. The van der Waals surface area contributed by atoms with Crippen LogP contribution in [0, 0.1) is 5.92 Å². The number of hydrogen-bond acceptors (Lipinski definition) is 3. The summed E-state index contributed by atoms with van der Waals surface area (Å²) in [5.41, 5.74) is 1.88. The molecular formula is C12H13ClN2O. The molecule has 0 N–H and O–H groups in total. The van der Waals surface area contributed by atoms with Gasteiger partial charge in [0.15, 0.2) is 0 Å². The van der Waals surface area contributed by atoms with Crippen molar-refractivity contribution in [2.45, 2.75) is 25.7 Å². The number of ketones is 1. The van der Waals surface area contributed by atoms with E-state index in [-0.39, 0.29) is 11.7 Å². The topological polar surface area (TPSA) is 42.9 Å². The highest BCUT2D eigenvalue weighted by molar-refractivity contribution is 6.30. The molecule has 0 spiro atoms. The Morgan fingerprint density at radius 3 is 2.75 bits per heavy atom. The first-order valence-corrected chi connectivity index (χ1v) is 5.69. The van der Waals surface area contributed by atoms with Crippen LogP contribution in [0.5, 0.6) is 0 Å². The number of rotatable bonds is 4. The number of carbonyl (C=O) groups excluding carboxylic acids is 1. The summed E-state index contributed by atoms with van der Waals surface area (Å²) < 4.78 is 0. The molecule has 84 valence electrons. The van der Waals surface area contributed by atoms with Gasteiger partial charge in [0.2, 0.25) is 0 Å². The molecule has 1 aliphatic carbocycles. The molecule has 0 saturated heterocycles. The summed E-state index contributed by atoms with van der Waals surface area (Å²) in [7, 11) is 0. The third-order valence-electron chi connectivity index (χ3n) is 2.86. The van der Waals surface area contributed by atoms with E-state index in [2.05, 4.69) is 16.5 Å². The largest absolute Gasteiger partial charge is 0.299 e. The average Bonchev–Trinajstić information content (AvgIpc) is 2.23. The fraction of sp³-hybridized carbons (Fsp3) is 0.417. The van der Waals surface area contributed by atoms with Gasteiger partial charge in [0.1, 0.15) is 10.9 Å². The molecule has 0 aliphatic heterocycles. The monoisotopic (exact) mass is 236 g/mol. The second-order valence-corrected chi connectivity index (χ2v) is 4.47. The maximum atomic E-state index is 11.7. The molecule has 3 nitrogen and oxygen atoms in total. The summed E-state index contributed by atoms with van der Waals surface area (Å²) in [6.45, 7) is 3.83.